The smallest absolute Gasteiger partial charge is 0.406 e. The molecule has 2 amide bonds. The average Bonchev–Trinajstić information content (AvgIpc) is 3.19. The number of benzene rings is 1. The molecule has 1 aromatic carbocycles. The van der Waals surface area contributed by atoms with E-state index in [-0.39, 0.29) is 23.6 Å². The number of imidazole rings is 1. The molecule has 0 bridgehead atoms. The summed E-state index contributed by atoms with van der Waals surface area (Å²) in [5.41, 5.74) is 2.48. The van der Waals surface area contributed by atoms with Crippen LogP contribution in [-0.4, -0.2) is 37.8 Å². The molecule has 0 atom stereocenters. The maximum atomic E-state index is 14.1. The van der Waals surface area contributed by atoms with Crippen molar-refractivity contribution in [2.75, 3.05) is 5.32 Å². The number of nitrogens with zero attached hydrogens (tertiary/aromatic N) is 4. The highest BCUT2D eigenvalue weighted by atomic mass is 19.4. The van der Waals surface area contributed by atoms with Crippen LogP contribution in [0.25, 0.3) is 16.9 Å². The number of ether oxygens (including phenoxy) is 1. The fraction of sp³-hybridized carbons (Fsp3) is 0.208. The normalized spacial score (nSPS) is 11.4. The van der Waals surface area contributed by atoms with E-state index in [0.29, 0.717) is 34.1 Å². The first-order chi connectivity index (χ1) is 17.4. The molecule has 37 heavy (non-hydrogen) atoms. The lowest BCUT2D eigenvalue weighted by atomic mass is 10.0. The fourth-order valence-corrected chi connectivity index (χ4v) is 3.64. The molecule has 192 valence electrons. The third kappa shape index (κ3) is 6.00. The first-order valence-electron chi connectivity index (χ1n) is 10.8. The van der Waals surface area contributed by atoms with Crippen LogP contribution in [0.1, 0.15) is 34.2 Å². The van der Waals surface area contributed by atoms with Crippen molar-refractivity contribution in [3.63, 3.8) is 0 Å². The van der Waals surface area contributed by atoms with E-state index in [2.05, 4.69) is 30.4 Å². The number of pyridine rings is 1. The molecule has 0 aliphatic heterocycles. The zero-order valence-corrected chi connectivity index (χ0v) is 19.8. The maximum absolute atomic E-state index is 14.1. The van der Waals surface area contributed by atoms with Gasteiger partial charge in [-0.05, 0) is 50.2 Å². The molecular weight excluding hydrogens is 496 g/mol. The summed E-state index contributed by atoms with van der Waals surface area (Å²) in [5, 5.41) is 9.56. The number of hydrogen-bond donors (Lipinski definition) is 2. The van der Waals surface area contributed by atoms with E-state index in [0.717, 1.165) is 18.2 Å². The molecule has 0 aliphatic carbocycles. The lowest BCUT2D eigenvalue weighted by Gasteiger charge is -2.13. The van der Waals surface area contributed by atoms with Crippen molar-refractivity contribution in [1.29, 1.82) is 0 Å². The zero-order valence-electron chi connectivity index (χ0n) is 19.8. The molecule has 2 N–H and O–H groups in total. The highest BCUT2D eigenvalue weighted by Crippen LogP contribution is 2.26. The lowest BCUT2D eigenvalue weighted by Crippen LogP contribution is -2.25. The van der Waals surface area contributed by atoms with E-state index >= 15 is 0 Å². The second-order valence-electron chi connectivity index (χ2n) is 8.07. The van der Waals surface area contributed by atoms with Crippen molar-refractivity contribution < 1.29 is 31.9 Å². The molecular formula is C24H20F4N6O3. The number of anilines is 1. The van der Waals surface area contributed by atoms with Crippen LogP contribution in [0.15, 0.2) is 42.6 Å². The van der Waals surface area contributed by atoms with Gasteiger partial charge in [-0.15, -0.1) is 13.2 Å². The first-order valence-corrected chi connectivity index (χ1v) is 10.8. The standard InChI is InChI=1S/C24H20F4N6O3/c1-12-17(20-6-7-22-32-21(31-14(3)35)11-34(22)33-20)9-18(13(2)30-12)23(36)29-10-15-8-16(4-5-19(15)25)37-24(26,27)28/h4-9,11H,10H2,1-3H3,(H,29,36)(H,31,35). The third-order valence-corrected chi connectivity index (χ3v) is 5.24. The Kier molecular flexibility index (Phi) is 6.79. The molecule has 3 aromatic heterocycles. The van der Waals surface area contributed by atoms with Gasteiger partial charge < -0.3 is 15.4 Å². The molecule has 0 saturated carbocycles. The van der Waals surface area contributed by atoms with Crippen LogP contribution in [-0.2, 0) is 11.3 Å². The average molecular weight is 516 g/mol. The van der Waals surface area contributed by atoms with Crippen molar-refractivity contribution in [3.05, 3.63) is 70.9 Å². The second kappa shape index (κ2) is 9.84. The van der Waals surface area contributed by atoms with Crippen LogP contribution >= 0.6 is 0 Å². The van der Waals surface area contributed by atoms with Crippen LogP contribution in [0.3, 0.4) is 0 Å². The Labute approximate surface area is 207 Å². The summed E-state index contributed by atoms with van der Waals surface area (Å²) in [6.45, 7) is 4.34. The Morgan fingerprint density at radius 2 is 1.81 bits per heavy atom. The number of hydrogen-bond acceptors (Lipinski definition) is 6. The predicted molar refractivity (Wildman–Crippen MR) is 124 cm³/mol. The quantitative estimate of drug-likeness (QED) is 0.369. The molecule has 3 heterocycles. The number of alkyl halides is 3. The van der Waals surface area contributed by atoms with Crippen LogP contribution < -0.4 is 15.4 Å². The van der Waals surface area contributed by atoms with Gasteiger partial charge in [-0.3, -0.25) is 14.6 Å². The summed E-state index contributed by atoms with van der Waals surface area (Å²) in [7, 11) is 0. The van der Waals surface area contributed by atoms with Crippen molar-refractivity contribution in [3.8, 4) is 17.0 Å². The molecule has 0 spiro atoms. The number of rotatable bonds is 6. The highest BCUT2D eigenvalue weighted by Gasteiger charge is 2.31. The number of nitrogens with one attached hydrogen (secondary N) is 2. The summed E-state index contributed by atoms with van der Waals surface area (Å²) in [6.07, 6.45) is -3.39. The first kappa shape index (κ1) is 25.5. The van der Waals surface area contributed by atoms with Gasteiger partial charge in [-0.25, -0.2) is 13.9 Å². The van der Waals surface area contributed by atoms with Gasteiger partial charge in [0.1, 0.15) is 11.6 Å². The minimum atomic E-state index is -4.93. The Hall–Kier alpha value is -4.55. The second-order valence-corrected chi connectivity index (χ2v) is 8.07. The van der Waals surface area contributed by atoms with E-state index in [1.165, 1.54) is 17.6 Å². The number of halogens is 4. The largest absolute Gasteiger partial charge is 0.573 e. The van der Waals surface area contributed by atoms with Gasteiger partial charge in [0.15, 0.2) is 11.5 Å². The van der Waals surface area contributed by atoms with Gasteiger partial charge in [0.2, 0.25) is 5.91 Å². The minimum Gasteiger partial charge on any atom is -0.406 e. The topological polar surface area (TPSA) is 111 Å². The Balaban J connectivity index is 1.58. The van der Waals surface area contributed by atoms with Crippen LogP contribution in [0.2, 0.25) is 0 Å². The number of aromatic nitrogens is 4. The van der Waals surface area contributed by atoms with Gasteiger partial charge in [0.25, 0.3) is 5.91 Å². The van der Waals surface area contributed by atoms with E-state index < -0.39 is 23.8 Å². The van der Waals surface area contributed by atoms with Gasteiger partial charge in [-0.1, -0.05) is 0 Å². The predicted octanol–water partition coefficient (Wildman–Crippen LogP) is 4.33. The molecule has 0 saturated heterocycles. The third-order valence-electron chi connectivity index (χ3n) is 5.24. The molecule has 13 heteroatoms. The van der Waals surface area contributed by atoms with Gasteiger partial charge in [0.05, 0.1) is 23.1 Å². The number of carbonyl (C=O) groups excluding carboxylic acids is 2. The molecule has 4 aromatic rings. The SMILES string of the molecule is CC(=O)Nc1cn2nc(-c3cc(C(=O)NCc4cc(OC(F)(F)F)ccc4F)c(C)nc3C)ccc2n1. The maximum Gasteiger partial charge on any atom is 0.573 e. The Morgan fingerprint density at radius 3 is 2.51 bits per heavy atom. The molecule has 4 rings (SSSR count). The van der Waals surface area contributed by atoms with Crippen molar-refractivity contribution in [1.82, 2.24) is 24.9 Å². The Bertz CT molecular complexity index is 1520. The van der Waals surface area contributed by atoms with Crippen molar-refractivity contribution in [2.24, 2.45) is 0 Å². The lowest BCUT2D eigenvalue weighted by molar-refractivity contribution is -0.274. The van der Waals surface area contributed by atoms with Crippen molar-refractivity contribution in [2.45, 2.75) is 33.7 Å². The van der Waals surface area contributed by atoms with Crippen LogP contribution in [0, 0.1) is 19.7 Å². The number of fused-ring (bicyclic) bond motifs is 1. The number of carbonyl (C=O) groups is 2. The van der Waals surface area contributed by atoms with Gasteiger partial charge >= 0.3 is 6.36 Å². The fourth-order valence-electron chi connectivity index (χ4n) is 3.64. The van der Waals surface area contributed by atoms with Crippen molar-refractivity contribution >= 4 is 23.3 Å². The molecule has 0 radical (unpaired) electrons. The van der Waals surface area contributed by atoms with Crippen LogP contribution in [0.5, 0.6) is 5.75 Å². The minimum absolute atomic E-state index is 0.176. The van der Waals surface area contributed by atoms with E-state index in [9.17, 15) is 27.2 Å². The zero-order chi connectivity index (χ0) is 26.9. The summed E-state index contributed by atoms with van der Waals surface area (Å²) in [5.74, 6) is -1.96. The van der Waals surface area contributed by atoms with E-state index in [4.69, 9.17) is 0 Å². The molecule has 0 unspecified atom stereocenters. The molecule has 0 aliphatic rings. The van der Waals surface area contributed by atoms with Gasteiger partial charge in [-0.2, -0.15) is 5.10 Å². The van der Waals surface area contributed by atoms with E-state index in [1.54, 1.807) is 32.0 Å². The van der Waals surface area contributed by atoms with Crippen LogP contribution in [0.4, 0.5) is 23.4 Å². The van der Waals surface area contributed by atoms with E-state index in [1.807, 2.05) is 0 Å². The highest BCUT2D eigenvalue weighted by molar-refractivity contribution is 5.96. The van der Waals surface area contributed by atoms with Gasteiger partial charge in [0, 0.05) is 30.3 Å². The summed E-state index contributed by atoms with van der Waals surface area (Å²) in [4.78, 5) is 32.9. The number of amides is 2. The monoisotopic (exact) mass is 516 g/mol. The summed E-state index contributed by atoms with van der Waals surface area (Å²) >= 11 is 0. The summed E-state index contributed by atoms with van der Waals surface area (Å²) < 4.78 is 56.9. The summed E-state index contributed by atoms with van der Waals surface area (Å²) in [6, 6.07) is 7.49. The Morgan fingerprint density at radius 1 is 1.05 bits per heavy atom. The molecule has 0 fully saturated rings. The number of aryl methyl sites for hydroxylation is 2. The molecule has 9 nitrogen and oxygen atoms in total.